The lowest BCUT2D eigenvalue weighted by atomic mass is 9.97. The molecule has 4 heteroatoms. The van der Waals surface area contributed by atoms with Crippen molar-refractivity contribution in [1.29, 1.82) is 0 Å². The Morgan fingerprint density at radius 1 is 1.56 bits per heavy atom. The third-order valence-corrected chi connectivity index (χ3v) is 3.66. The summed E-state index contributed by atoms with van der Waals surface area (Å²) in [4.78, 5) is 11.0. The Morgan fingerprint density at radius 2 is 2.25 bits per heavy atom. The first-order valence-corrected chi connectivity index (χ1v) is 6.15. The monoisotopic (exact) mass is 283 g/mol. The molecule has 1 saturated carbocycles. The Labute approximate surface area is 103 Å². The molecule has 1 aliphatic carbocycles. The van der Waals surface area contributed by atoms with Gasteiger partial charge in [-0.05, 0) is 36.0 Å². The van der Waals surface area contributed by atoms with Crippen LogP contribution in [0.3, 0.4) is 0 Å². The number of carboxylic acids is 1. The molecule has 0 spiro atoms. The minimum Gasteiger partial charge on any atom is -0.481 e. The molecule has 1 atom stereocenters. The van der Waals surface area contributed by atoms with E-state index in [1.807, 2.05) is 18.2 Å². The van der Waals surface area contributed by atoms with Crippen LogP contribution in [-0.4, -0.2) is 17.6 Å². The SMILES string of the molecule is NCC(C(=O)O)c1ccc(C2CC2)c(Br)c1. The maximum atomic E-state index is 11.0. The van der Waals surface area contributed by atoms with Gasteiger partial charge in [0.05, 0.1) is 5.92 Å². The highest BCUT2D eigenvalue weighted by molar-refractivity contribution is 9.10. The molecule has 2 rings (SSSR count). The molecule has 86 valence electrons. The van der Waals surface area contributed by atoms with Crippen molar-refractivity contribution in [3.05, 3.63) is 33.8 Å². The Morgan fingerprint density at radius 3 is 2.69 bits per heavy atom. The summed E-state index contributed by atoms with van der Waals surface area (Å²) in [6.07, 6.45) is 2.47. The summed E-state index contributed by atoms with van der Waals surface area (Å²) in [7, 11) is 0. The maximum Gasteiger partial charge on any atom is 0.312 e. The molecule has 1 aromatic carbocycles. The van der Waals surface area contributed by atoms with Crippen molar-refractivity contribution < 1.29 is 9.90 Å². The minimum atomic E-state index is -0.867. The lowest BCUT2D eigenvalue weighted by molar-refractivity contribution is -0.138. The van der Waals surface area contributed by atoms with Gasteiger partial charge in [0.1, 0.15) is 0 Å². The van der Waals surface area contributed by atoms with E-state index in [-0.39, 0.29) is 6.54 Å². The van der Waals surface area contributed by atoms with Crippen molar-refractivity contribution in [2.24, 2.45) is 5.73 Å². The van der Waals surface area contributed by atoms with Crippen LogP contribution in [0.25, 0.3) is 0 Å². The fourth-order valence-corrected chi connectivity index (χ4v) is 2.59. The summed E-state index contributed by atoms with van der Waals surface area (Å²) in [6, 6.07) is 5.78. The van der Waals surface area contributed by atoms with Gasteiger partial charge in [-0.2, -0.15) is 0 Å². The van der Waals surface area contributed by atoms with Crippen LogP contribution in [0.1, 0.15) is 35.8 Å². The van der Waals surface area contributed by atoms with Crippen molar-refractivity contribution in [2.45, 2.75) is 24.7 Å². The molecule has 0 saturated heterocycles. The van der Waals surface area contributed by atoms with Crippen LogP contribution in [-0.2, 0) is 4.79 Å². The van der Waals surface area contributed by atoms with Crippen molar-refractivity contribution in [3.63, 3.8) is 0 Å². The number of halogens is 1. The van der Waals surface area contributed by atoms with Crippen LogP contribution in [0.5, 0.6) is 0 Å². The summed E-state index contributed by atoms with van der Waals surface area (Å²) >= 11 is 3.50. The van der Waals surface area contributed by atoms with Crippen LogP contribution in [0.2, 0.25) is 0 Å². The normalized spacial score (nSPS) is 17.1. The fourth-order valence-electron chi connectivity index (χ4n) is 1.87. The van der Waals surface area contributed by atoms with Crippen LogP contribution >= 0.6 is 15.9 Å². The smallest absolute Gasteiger partial charge is 0.312 e. The molecule has 0 radical (unpaired) electrons. The van der Waals surface area contributed by atoms with E-state index >= 15 is 0 Å². The number of carboxylic acid groups (broad SMARTS) is 1. The molecular formula is C12H14BrNO2. The largest absolute Gasteiger partial charge is 0.481 e. The third-order valence-electron chi connectivity index (χ3n) is 2.98. The summed E-state index contributed by atoms with van der Waals surface area (Å²) in [6.45, 7) is 0.130. The van der Waals surface area contributed by atoms with Gasteiger partial charge < -0.3 is 10.8 Å². The van der Waals surface area contributed by atoms with E-state index in [0.717, 1.165) is 10.0 Å². The van der Waals surface area contributed by atoms with Crippen LogP contribution in [0.4, 0.5) is 0 Å². The highest BCUT2D eigenvalue weighted by Gasteiger charge is 2.26. The first-order chi connectivity index (χ1) is 7.63. The minimum absolute atomic E-state index is 0.130. The number of benzene rings is 1. The molecular weight excluding hydrogens is 270 g/mol. The molecule has 0 heterocycles. The first kappa shape index (κ1) is 11.6. The quantitative estimate of drug-likeness (QED) is 0.892. The van der Waals surface area contributed by atoms with E-state index in [2.05, 4.69) is 15.9 Å². The number of hydrogen-bond acceptors (Lipinski definition) is 2. The molecule has 16 heavy (non-hydrogen) atoms. The van der Waals surface area contributed by atoms with Gasteiger partial charge in [0, 0.05) is 11.0 Å². The number of hydrogen-bond donors (Lipinski definition) is 2. The molecule has 1 aliphatic rings. The van der Waals surface area contributed by atoms with Gasteiger partial charge in [0.15, 0.2) is 0 Å². The van der Waals surface area contributed by atoms with Crippen molar-refractivity contribution in [3.8, 4) is 0 Å². The lowest BCUT2D eigenvalue weighted by Gasteiger charge is -2.12. The Hall–Kier alpha value is -0.870. The predicted molar refractivity (Wildman–Crippen MR) is 65.5 cm³/mol. The van der Waals surface area contributed by atoms with Gasteiger partial charge in [-0.1, -0.05) is 28.1 Å². The van der Waals surface area contributed by atoms with Gasteiger partial charge in [-0.25, -0.2) is 0 Å². The average Bonchev–Trinajstić information content (AvgIpc) is 3.02. The van der Waals surface area contributed by atoms with E-state index in [1.54, 1.807) is 0 Å². The maximum absolute atomic E-state index is 11.0. The first-order valence-electron chi connectivity index (χ1n) is 5.35. The van der Waals surface area contributed by atoms with Crippen LogP contribution in [0, 0.1) is 0 Å². The molecule has 3 N–H and O–H groups in total. The molecule has 1 fully saturated rings. The van der Waals surface area contributed by atoms with Crippen molar-refractivity contribution in [1.82, 2.24) is 0 Å². The molecule has 0 bridgehead atoms. The van der Waals surface area contributed by atoms with Gasteiger partial charge in [-0.3, -0.25) is 4.79 Å². The number of carbonyl (C=O) groups is 1. The van der Waals surface area contributed by atoms with Gasteiger partial charge >= 0.3 is 5.97 Å². The zero-order valence-corrected chi connectivity index (χ0v) is 10.4. The molecule has 1 unspecified atom stereocenters. The second kappa shape index (κ2) is 4.55. The topological polar surface area (TPSA) is 63.3 Å². The Kier molecular flexibility index (Phi) is 3.30. The molecule has 0 aliphatic heterocycles. The van der Waals surface area contributed by atoms with Gasteiger partial charge in [-0.15, -0.1) is 0 Å². The van der Waals surface area contributed by atoms with E-state index in [4.69, 9.17) is 10.8 Å². The third kappa shape index (κ3) is 2.28. The second-order valence-corrected chi connectivity index (χ2v) is 5.04. The lowest BCUT2D eigenvalue weighted by Crippen LogP contribution is -2.21. The van der Waals surface area contributed by atoms with Gasteiger partial charge in [0.2, 0.25) is 0 Å². The molecule has 3 nitrogen and oxygen atoms in total. The predicted octanol–water partition coefficient (Wildman–Crippen LogP) is 2.45. The van der Waals surface area contributed by atoms with E-state index < -0.39 is 11.9 Å². The molecule has 0 aromatic heterocycles. The fraction of sp³-hybridized carbons (Fsp3) is 0.417. The van der Waals surface area contributed by atoms with Crippen molar-refractivity contribution >= 4 is 21.9 Å². The highest BCUT2D eigenvalue weighted by Crippen LogP contribution is 2.43. The van der Waals surface area contributed by atoms with Crippen molar-refractivity contribution in [2.75, 3.05) is 6.54 Å². The van der Waals surface area contributed by atoms with E-state index in [9.17, 15) is 4.79 Å². The zero-order valence-electron chi connectivity index (χ0n) is 8.82. The number of aliphatic carboxylic acids is 1. The molecule has 1 aromatic rings. The zero-order chi connectivity index (χ0) is 11.7. The summed E-state index contributed by atoms with van der Waals surface area (Å²) in [5.41, 5.74) is 7.52. The Balaban J connectivity index is 2.28. The Bertz CT molecular complexity index is 415. The number of rotatable bonds is 4. The standard InChI is InChI=1S/C12H14BrNO2/c13-11-5-8(10(6-14)12(15)16)3-4-9(11)7-1-2-7/h3-5,7,10H,1-2,6,14H2,(H,15,16). The average molecular weight is 284 g/mol. The van der Waals surface area contributed by atoms with E-state index in [0.29, 0.717) is 5.92 Å². The second-order valence-electron chi connectivity index (χ2n) is 4.18. The van der Waals surface area contributed by atoms with Gasteiger partial charge in [0.25, 0.3) is 0 Å². The number of nitrogens with two attached hydrogens (primary N) is 1. The van der Waals surface area contributed by atoms with Crippen LogP contribution in [0.15, 0.2) is 22.7 Å². The summed E-state index contributed by atoms with van der Waals surface area (Å²) in [5, 5.41) is 9.01. The highest BCUT2D eigenvalue weighted by atomic mass is 79.9. The van der Waals surface area contributed by atoms with E-state index in [1.165, 1.54) is 18.4 Å². The molecule has 0 amide bonds. The summed E-state index contributed by atoms with van der Waals surface area (Å²) < 4.78 is 1.01. The van der Waals surface area contributed by atoms with Crippen LogP contribution < -0.4 is 5.73 Å². The summed E-state index contributed by atoms with van der Waals surface area (Å²) in [5.74, 6) is -0.817.